The number of ketones is 2. The quantitative estimate of drug-likeness (QED) is 0.0431. The number of aromatic nitrogens is 4. The van der Waals surface area contributed by atoms with Crippen molar-refractivity contribution in [1.82, 2.24) is 19.9 Å². The van der Waals surface area contributed by atoms with Crippen LogP contribution in [-0.4, -0.2) is 57.1 Å². The molecule has 2 aromatic heterocycles. The van der Waals surface area contributed by atoms with Gasteiger partial charge in [0.2, 0.25) is 0 Å². The summed E-state index contributed by atoms with van der Waals surface area (Å²) in [5.74, 6) is -0.0332. The average Bonchev–Trinajstić information content (AvgIpc) is 3.00. The van der Waals surface area contributed by atoms with Gasteiger partial charge in [-0.15, -0.1) is 0 Å². The van der Waals surface area contributed by atoms with Gasteiger partial charge in [0.1, 0.15) is 0 Å². The first-order valence-electron chi connectivity index (χ1n) is 13.3. The fourth-order valence-electron chi connectivity index (χ4n) is 2.98. The molecule has 244 valence electrons. The molecule has 4 aromatic rings. The van der Waals surface area contributed by atoms with Crippen LogP contribution in [0, 0.1) is 27.7 Å². The molecule has 0 saturated heterocycles. The number of H-pyrrole nitrogens is 3. The number of nitrogens with one attached hydrogen (secondary N) is 3. The third-order valence-electron chi connectivity index (χ3n) is 4.99. The number of rotatable bonds is 7. The summed E-state index contributed by atoms with van der Waals surface area (Å²) in [6.45, 7) is 6.95. The molecule has 0 aliphatic heterocycles. The molecule has 2 aromatic carbocycles. The molecule has 0 aliphatic carbocycles. The topological polar surface area (TPSA) is 204 Å². The third-order valence-corrected chi connectivity index (χ3v) is 5.50. The van der Waals surface area contributed by atoms with E-state index < -0.39 is 12.8 Å². The van der Waals surface area contributed by atoms with Crippen LogP contribution in [0.15, 0.2) is 75.0 Å². The van der Waals surface area contributed by atoms with E-state index in [2.05, 4.69) is 35.8 Å². The number of benzene rings is 2. The normalized spacial score (nSPS) is 9.04. The minimum Gasteiger partial charge on any atom is -1.00 e. The van der Waals surface area contributed by atoms with Crippen LogP contribution in [-0.2, 0) is 9.68 Å². The van der Waals surface area contributed by atoms with Crippen LogP contribution in [0.5, 0.6) is 6.01 Å². The standard InChI is InChI=1S/C14H14N2O3.C9H9BrO.C5H6N2O2.CH3F.CH2O3.2Na.H/c1-9-3-5-11(6-4-9)12(17)8-19-14-15-10(2)7-13(18)16-14;1-7-2-4-8(5-3-7)9(11)6-10;1-3-2-4(8)7-5(9)6-3;1-2;2-1-4-3;;;/h3-7H,8H2,1-2H3,(H,15,16,18);2-5H,6H2,1H3;2H,1H3,(H2,6,7,8,9);1H3;1,3H;;;/q;;;;;2*+1;-1/p-1/i;;;1D;;;;. The van der Waals surface area contributed by atoms with Crippen LogP contribution in [0.2, 0.25) is 0 Å². The molecule has 0 bridgehead atoms. The maximum atomic E-state index is 11.9. The number of nitrogens with zero attached hydrogens (tertiary/aromatic N) is 1. The molecule has 0 saturated carbocycles. The molecule has 4 rings (SSSR count). The summed E-state index contributed by atoms with van der Waals surface area (Å²) >= 11 is 3.12. The zero-order valence-corrected chi connectivity index (χ0v) is 32.4. The SMILES string of the molecule is Cc1cc(=O)[nH]c(=O)[nH]1.Cc1ccc(C(=O)CBr)cc1.Cc1ccc(C(=O)COc2nc(C)cc(=O)[nH]2)cc1.O=CO[O-].[2H]CF.[H-].[Na+].[Na+]. The van der Waals surface area contributed by atoms with Crippen molar-refractivity contribution in [3.8, 4) is 6.01 Å². The van der Waals surface area contributed by atoms with Gasteiger partial charge in [-0.2, -0.15) is 0 Å². The molecule has 0 aliphatic rings. The summed E-state index contributed by atoms with van der Waals surface area (Å²) in [5.41, 5.74) is 3.60. The molecular weight excluding hydrogens is 705 g/mol. The summed E-state index contributed by atoms with van der Waals surface area (Å²) in [6, 6.07) is 17.5. The second-order valence-corrected chi connectivity index (χ2v) is 9.22. The molecule has 3 N–H and O–H groups in total. The summed E-state index contributed by atoms with van der Waals surface area (Å²) in [7, 11) is -1.00. The first-order chi connectivity index (χ1) is 21.8. The first kappa shape index (κ1) is 46.1. The van der Waals surface area contributed by atoms with E-state index in [4.69, 9.17) is 16.2 Å². The van der Waals surface area contributed by atoms with E-state index in [1.54, 1.807) is 26.0 Å². The molecule has 0 spiro atoms. The smallest absolute Gasteiger partial charge is 1.00 e. The van der Waals surface area contributed by atoms with Crippen LogP contribution < -0.4 is 85.9 Å². The molecule has 0 amide bonds. The van der Waals surface area contributed by atoms with Gasteiger partial charge in [-0.3, -0.25) is 38.3 Å². The number of hydrogen-bond donors (Lipinski definition) is 3. The Balaban J connectivity index is -0.000000291. The van der Waals surface area contributed by atoms with E-state index in [0.717, 1.165) is 11.1 Å². The van der Waals surface area contributed by atoms with Gasteiger partial charge in [0.25, 0.3) is 23.6 Å². The van der Waals surface area contributed by atoms with Crippen LogP contribution in [0.25, 0.3) is 0 Å². The predicted molar refractivity (Wildman–Crippen MR) is 168 cm³/mol. The van der Waals surface area contributed by atoms with Crippen molar-refractivity contribution in [2.75, 3.05) is 19.1 Å². The molecule has 17 heteroatoms. The van der Waals surface area contributed by atoms with Gasteiger partial charge in [0.15, 0.2) is 18.2 Å². The average molecular weight is 741 g/mol. The number of alkyl halides is 2. The fourth-order valence-corrected chi connectivity index (χ4v) is 3.31. The number of carbonyl (C=O) groups excluding carboxylic acids is 3. The largest absolute Gasteiger partial charge is 1.00 e. The molecule has 0 unspecified atom stereocenters. The van der Waals surface area contributed by atoms with Crippen molar-refractivity contribution in [3.05, 3.63) is 125 Å². The van der Waals surface area contributed by atoms with Gasteiger partial charge < -0.3 is 21.3 Å². The van der Waals surface area contributed by atoms with E-state index >= 15 is 0 Å². The molecule has 2 heterocycles. The first-order valence-corrected chi connectivity index (χ1v) is 13.8. The Labute approximate surface area is 325 Å². The number of halogens is 2. The van der Waals surface area contributed by atoms with Crippen molar-refractivity contribution in [2.45, 2.75) is 27.7 Å². The van der Waals surface area contributed by atoms with Gasteiger partial charge >= 0.3 is 64.8 Å². The van der Waals surface area contributed by atoms with E-state index in [0.29, 0.717) is 22.3 Å². The predicted octanol–water partition coefficient (Wildman–Crippen LogP) is -3.27. The molecule has 0 radical (unpaired) electrons. The summed E-state index contributed by atoms with van der Waals surface area (Å²) < 4.78 is 20.7. The molecule has 0 atom stereocenters. The van der Waals surface area contributed by atoms with E-state index in [9.17, 15) is 28.4 Å². The number of carbonyl (C=O) groups is 3. The fraction of sp³-hybridized carbons (Fsp3) is 0.233. The Morgan fingerprint density at radius 1 is 0.894 bits per heavy atom. The Morgan fingerprint density at radius 2 is 1.34 bits per heavy atom. The van der Waals surface area contributed by atoms with Gasteiger partial charge in [0.05, 0.1) is 13.9 Å². The summed E-state index contributed by atoms with van der Waals surface area (Å²) in [6.07, 6.45) is 0. The molecule has 13 nitrogen and oxygen atoms in total. The van der Waals surface area contributed by atoms with Crippen molar-refractivity contribution < 1.29 is 95.6 Å². The van der Waals surface area contributed by atoms with Crippen molar-refractivity contribution in [2.24, 2.45) is 0 Å². The van der Waals surface area contributed by atoms with Crippen molar-refractivity contribution in [3.63, 3.8) is 0 Å². The number of Topliss-reactive ketones (excluding diaryl/α,β-unsaturated/α-hetero) is 2. The summed E-state index contributed by atoms with van der Waals surface area (Å²) in [4.78, 5) is 77.1. The number of aryl methyl sites for hydroxylation is 4. The maximum Gasteiger partial charge on any atom is 1.00 e. The van der Waals surface area contributed by atoms with E-state index in [-0.39, 0.29) is 102 Å². The van der Waals surface area contributed by atoms with Crippen molar-refractivity contribution in [1.29, 1.82) is 0 Å². The third kappa shape index (κ3) is 22.2. The number of ether oxygens (including phenoxy) is 1. The zero-order chi connectivity index (χ0) is 35.1. The number of hydrogen-bond acceptors (Lipinski definition) is 10. The maximum absolute atomic E-state index is 11.9. The van der Waals surface area contributed by atoms with Crippen LogP contribution in [0.4, 0.5) is 4.39 Å². The Kier molecular flexibility index (Phi) is 27.5. The molecule has 47 heavy (non-hydrogen) atoms. The van der Waals surface area contributed by atoms with Gasteiger partial charge in [0, 0.05) is 34.6 Å². The Bertz CT molecular complexity index is 1660. The van der Waals surface area contributed by atoms with E-state index in [1.807, 2.05) is 55.2 Å². The molecular formula is C30H34BrFN4Na2O9. The Hall–Kier alpha value is -3.02. The van der Waals surface area contributed by atoms with Gasteiger partial charge in [-0.25, -0.2) is 9.78 Å². The monoisotopic (exact) mass is 739 g/mol. The minimum absolute atomic E-state index is 0. The van der Waals surface area contributed by atoms with Crippen LogP contribution in [0.1, 0.15) is 46.0 Å². The number of aromatic amines is 3. The van der Waals surface area contributed by atoms with Crippen molar-refractivity contribution >= 4 is 34.0 Å². The second kappa shape index (κ2) is 28.0. The second-order valence-electron chi connectivity index (χ2n) is 8.66. The van der Waals surface area contributed by atoms with Crippen LogP contribution >= 0.6 is 15.9 Å². The van der Waals surface area contributed by atoms with Gasteiger partial charge in [-0.05, 0) is 27.7 Å². The summed E-state index contributed by atoms with van der Waals surface area (Å²) in [5, 5.41) is 8.83. The minimum atomic E-state index is -1.00. The Morgan fingerprint density at radius 3 is 1.72 bits per heavy atom. The van der Waals surface area contributed by atoms with Crippen LogP contribution in [0.3, 0.4) is 0 Å². The zero-order valence-electron chi connectivity index (χ0n) is 28.8. The molecule has 0 fully saturated rings. The van der Waals surface area contributed by atoms with E-state index in [1.165, 1.54) is 17.7 Å². The van der Waals surface area contributed by atoms with Gasteiger partial charge in [-0.1, -0.05) is 75.6 Å².